The zero-order valence-electron chi connectivity index (χ0n) is 3.75. The van der Waals surface area contributed by atoms with E-state index < -0.39 is 17.4 Å². The maximum Gasteiger partial charge on any atom is 0.457 e. The maximum absolute atomic E-state index is 11.4. The molecular formula is C2F5NO. The fourth-order valence-electron chi connectivity index (χ4n) is 0.276. The van der Waals surface area contributed by atoms with E-state index in [2.05, 4.69) is 4.84 Å². The van der Waals surface area contributed by atoms with Crippen LogP contribution in [0.5, 0.6) is 0 Å². The van der Waals surface area contributed by atoms with Gasteiger partial charge in [0.15, 0.2) is 0 Å². The lowest BCUT2D eigenvalue weighted by Crippen LogP contribution is -2.65. The van der Waals surface area contributed by atoms with E-state index in [1.807, 2.05) is 0 Å². The number of nitrogens with zero attached hydrogens (tertiary/aromatic N) is 1. The zero-order chi connectivity index (χ0) is 7.28. The van der Waals surface area contributed by atoms with Crippen molar-refractivity contribution in [3.8, 4) is 0 Å². The summed E-state index contributed by atoms with van der Waals surface area (Å²) in [5.41, 5.74) is 0. The van der Waals surface area contributed by atoms with E-state index in [0.29, 0.717) is 0 Å². The van der Waals surface area contributed by atoms with Crippen LogP contribution in [-0.2, 0) is 4.84 Å². The molecule has 0 aromatic heterocycles. The molecule has 0 bridgehead atoms. The van der Waals surface area contributed by atoms with Crippen molar-refractivity contribution in [1.82, 2.24) is 5.29 Å². The van der Waals surface area contributed by atoms with E-state index in [0.717, 1.165) is 0 Å². The Morgan fingerprint density at radius 1 is 1.11 bits per heavy atom. The number of halogens is 5. The second kappa shape index (κ2) is 1.35. The standard InChI is InChI=1S/C2F5NO/c3-1(4)2(5,6)9-8(1)7. The lowest BCUT2D eigenvalue weighted by Gasteiger charge is -2.37. The van der Waals surface area contributed by atoms with Gasteiger partial charge in [-0.15, -0.1) is 0 Å². The third-order valence-electron chi connectivity index (χ3n) is 0.766. The van der Waals surface area contributed by atoms with E-state index >= 15 is 0 Å². The summed E-state index contributed by atoms with van der Waals surface area (Å²) in [6.07, 6.45) is -4.69. The van der Waals surface area contributed by atoms with Crippen LogP contribution in [0.4, 0.5) is 22.0 Å². The molecule has 0 spiro atoms. The van der Waals surface area contributed by atoms with Gasteiger partial charge >= 0.3 is 12.2 Å². The molecule has 0 amide bonds. The minimum atomic E-state index is -4.81. The second-order valence-corrected chi connectivity index (χ2v) is 1.39. The van der Waals surface area contributed by atoms with Crippen LogP contribution >= 0.6 is 0 Å². The highest BCUT2D eigenvalue weighted by Crippen LogP contribution is 2.48. The highest BCUT2D eigenvalue weighted by atomic mass is 19.3. The molecule has 2 nitrogen and oxygen atoms in total. The van der Waals surface area contributed by atoms with Gasteiger partial charge in [-0.25, -0.2) is 0 Å². The Bertz CT molecular complexity index is 135. The lowest BCUT2D eigenvalue weighted by atomic mass is 10.5. The highest BCUT2D eigenvalue weighted by molar-refractivity contribution is 4.76. The molecule has 1 fully saturated rings. The first-order valence-corrected chi connectivity index (χ1v) is 1.79. The molecule has 0 atom stereocenters. The van der Waals surface area contributed by atoms with Gasteiger partial charge in [-0.05, 0) is 0 Å². The first-order valence-electron chi connectivity index (χ1n) is 1.79. The first kappa shape index (κ1) is 6.69. The molecule has 54 valence electrons. The molecule has 0 aromatic carbocycles. The summed E-state index contributed by atoms with van der Waals surface area (Å²) in [7, 11) is 0. The molecule has 7 heteroatoms. The molecule has 1 saturated heterocycles. The Labute approximate surface area is 45.7 Å². The molecule has 1 aliphatic rings. The normalized spacial score (nSPS) is 31.7. The Morgan fingerprint density at radius 3 is 1.56 bits per heavy atom. The molecule has 9 heavy (non-hydrogen) atoms. The smallest absolute Gasteiger partial charge is 0.187 e. The topological polar surface area (TPSA) is 12.5 Å². The average molecular weight is 149 g/mol. The van der Waals surface area contributed by atoms with Gasteiger partial charge in [-0.2, -0.15) is 22.4 Å². The van der Waals surface area contributed by atoms with Crippen molar-refractivity contribution in [3.63, 3.8) is 0 Å². The zero-order valence-corrected chi connectivity index (χ0v) is 3.75. The third-order valence-corrected chi connectivity index (χ3v) is 0.766. The van der Waals surface area contributed by atoms with Crippen LogP contribution in [-0.4, -0.2) is 17.4 Å². The van der Waals surface area contributed by atoms with Crippen LogP contribution in [0.3, 0.4) is 0 Å². The summed E-state index contributed by atoms with van der Waals surface area (Å²) >= 11 is 0. The predicted molar refractivity (Wildman–Crippen MR) is 13.9 cm³/mol. The quantitative estimate of drug-likeness (QED) is 0.292. The molecule has 0 N–H and O–H groups in total. The van der Waals surface area contributed by atoms with Crippen molar-refractivity contribution in [2.24, 2.45) is 0 Å². The summed E-state index contributed by atoms with van der Waals surface area (Å²) in [6.45, 7) is 0. The maximum atomic E-state index is 11.4. The first-order chi connectivity index (χ1) is 3.88. The van der Waals surface area contributed by atoms with Crippen LogP contribution < -0.4 is 0 Å². The Balaban J connectivity index is 2.70. The predicted octanol–water partition coefficient (Wildman–Crippen LogP) is 1.30. The van der Waals surface area contributed by atoms with Gasteiger partial charge in [0.2, 0.25) is 0 Å². The Kier molecular flexibility index (Phi) is 1.00. The van der Waals surface area contributed by atoms with Crippen molar-refractivity contribution in [1.29, 1.82) is 0 Å². The van der Waals surface area contributed by atoms with Crippen molar-refractivity contribution in [2.45, 2.75) is 12.2 Å². The van der Waals surface area contributed by atoms with Crippen LogP contribution in [0, 0.1) is 0 Å². The van der Waals surface area contributed by atoms with Crippen molar-refractivity contribution < 1.29 is 26.9 Å². The van der Waals surface area contributed by atoms with Gasteiger partial charge < -0.3 is 0 Å². The number of hydrogen-bond acceptors (Lipinski definition) is 2. The van der Waals surface area contributed by atoms with Gasteiger partial charge in [0.25, 0.3) is 0 Å². The van der Waals surface area contributed by atoms with Crippen LogP contribution in [0.25, 0.3) is 0 Å². The highest BCUT2D eigenvalue weighted by Gasteiger charge is 2.76. The minimum absolute atomic E-state index is 1.69. The molecule has 1 rings (SSSR count). The van der Waals surface area contributed by atoms with Gasteiger partial charge in [0.1, 0.15) is 0 Å². The SMILES string of the molecule is FN1OC(F)(F)C1(F)F. The Hall–Kier alpha value is -0.430. The molecule has 1 aliphatic heterocycles. The van der Waals surface area contributed by atoms with E-state index in [-0.39, 0.29) is 0 Å². The summed E-state index contributed by atoms with van der Waals surface area (Å²) in [6, 6.07) is -4.81. The van der Waals surface area contributed by atoms with Crippen molar-refractivity contribution in [2.75, 3.05) is 0 Å². The fourth-order valence-corrected chi connectivity index (χ4v) is 0.276. The number of hydrogen-bond donors (Lipinski definition) is 0. The minimum Gasteiger partial charge on any atom is -0.187 e. The van der Waals surface area contributed by atoms with E-state index in [1.54, 1.807) is 0 Å². The summed E-state index contributed by atoms with van der Waals surface area (Å²) < 4.78 is 56.6. The van der Waals surface area contributed by atoms with Gasteiger partial charge in [-0.3, -0.25) is 0 Å². The van der Waals surface area contributed by atoms with E-state index in [9.17, 15) is 22.0 Å². The largest absolute Gasteiger partial charge is 0.457 e. The van der Waals surface area contributed by atoms with Gasteiger partial charge in [0.05, 0.1) is 5.29 Å². The average Bonchev–Trinajstić information content (AvgIpc) is 1.65. The van der Waals surface area contributed by atoms with E-state index in [1.165, 1.54) is 0 Å². The molecular weight excluding hydrogens is 149 g/mol. The van der Waals surface area contributed by atoms with Crippen molar-refractivity contribution >= 4 is 0 Å². The number of alkyl halides is 4. The second-order valence-electron chi connectivity index (χ2n) is 1.39. The summed E-state index contributed by atoms with van der Waals surface area (Å²) in [5.74, 6) is 0. The Morgan fingerprint density at radius 2 is 1.56 bits per heavy atom. The molecule has 0 unspecified atom stereocenters. The van der Waals surface area contributed by atoms with Crippen LogP contribution in [0.15, 0.2) is 0 Å². The summed E-state index contributed by atoms with van der Waals surface area (Å²) in [5, 5.41) is -1.69. The van der Waals surface area contributed by atoms with Crippen LogP contribution in [0.1, 0.15) is 0 Å². The third kappa shape index (κ3) is 0.613. The van der Waals surface area contributed by atoms with Gasteiger partial charge in [0, 0.05) is 0 Å². The van der Waals surface area contributed by atoms with Gasteiger partial charge in [-0.1, -0.05) is 4.48 Å². The number of rotatable bonds is 0. The van der Waals surface area contributed by atoms with Crippen molar-refractivity contribution in [3.05, 3.63) is 0 Å². The lowest BCUT2D eigenvalue weighted by molar-refractivity contribution is -0.640. The van der Waals surface area contributed by atoms with E-state index in [4.69, 9.17) is 0 Å². The molecule has 0 aromatic rings. The monoisotopic (exact) mass is 149 g/mol. The molecule has 0 aliphatic carbocycles. The fraction of sp³-hybridized carbons (Fsp3) is 1.00. The molecule has 0 radical (unpaired) electrons. The summed E-state index contributed by atoms with van der Waals surface area (Å²) in [4.78, 5) is 2.62. The molecule has 1 heterocycles. The van der Waals surface area contributed by atoms with Crippen LogP contribution in [0.2, 0.25) is 0 Å². The number of hydroxylamine groups is 1. The molecule has 0 saturated carbocycles.